The first kappa shape index (κ1) is 18.9. The number of nitriles is 1. The topological polar surface area (TPSA) is 54.5 Å². The van der Waals surface area contributed by atoms with Gasteiger partial charge in [0, 0.05) is 17.0 Å². The van der Waals surface area contributed by atoms with E-state index >= 15 is 0 Å². The van der Waals surface area contributed by atoms with Gasteiger partial charge in [0.25, 0.3) is 0 Å². The first-order valence-electron chi connectivity index (χ1n) is 9.05. The molecule has 29 heavy (non-hydrogen) atoms. The lowest BCUT2D eigenvalue weighted by Gasteiger charge is -2.11. The predicted molar refractivity (Wildman–Crippen MR) is 112 cm³/mol. The molecule has 0 unspecified atom stereocenters. The van der Waals surface area contributed by atoms with Crippen LogP contribution in [0.3, 0.4) is 0 Å². The number of aryl methyl sites for hydroxylation is 1. The van der Waals surface area contributed by atoms with E-state index in [4.69, 9.17) is 0 Å². The predicted octanol–water partition coefficient (Wildman–Crippen LogP) is 5.55. The highest BCUT2D eigenvalue weighted by molar-refractivity contribution is 7.98. The molecule has 0 radical (unpaired) electrons. The van der Waals surface area contributed by atoms with Gasteiger partial charge in [-0.25, -0.2) is 4.39 Å². The zero-order valence-electron chi connectivity index (χ0n) is 15.7. The van der Waals surface area contributed by atoms with Gasteiger partial charge in [0.1, 0.15) is 5.82 Å². The van der Waals surface area contributed by atoms with Gasteiger partial charge in [0.2, 0.25) is 0 Å². The normalized spacial score (nSPS) is 10.7. The van der Waals surface area contributed by atoms with Crippen LogP contribution in [0.5, 0.6) is 0 Å². The summed E-state index contributed by atoms with van der Waals surface area (Å²) >= 11 is 1.51. The fraction of sp³-hybridized carbons (Fsp3) is 0.0870. The third-order valence-corrected chi connectivity index (χ3v) is 5.47. The Labute approximate surface area is 172 Å². The SMILES string of the molecule is Cc1cccc(-n2c(SCc3ccccc3C#N)nnc2-c2ccc(F)cc2)c1. The molecule has 1 aromatic heterocycles. The van der Waals surface area contributed by atoms with Crippen molar-refractivity contribution in [1.82, 2.24) is 14.8 Å². The number of rotatable bonds is 5. The summed E-state index contributed by atoms with van der Waals surface area (Å²) in [4.78, 5) is 0. The molecule has 0 aliphatic carbocycles. The van der Waals surface area contributed by atoms with Crippen LogP contribution in [0.25, 0.3) is 17.1 Å². The van der Waals surface area contributed by atoms with E-state index in [1.807, 2.05) is 54.0 Å². The maximum Gasteiger partial charge on any atom is 0.196 e. The molecular formula is C23H17FN4S. The molecule has 0 fully saturated rings. The van der Waals surface area contributed by atoms with Crippen LogP contribution in [-0.4, -0.2) is 14.8 Å². The molecule has 6 heteroatoms. The Kier molecular flexibility index (Phi) is 5.41. The lowest BCUT2D eigenvalue weighted by atomic mass is 10.1. The van der Waals surface area contributed by atoms with E-state index in [-0.39, 0.29) is 5.82 Å². The van der Waals surface area contributed by atoms with E-state index in [9.17, 15) is 9.65 Å². The Bertz CT molecular complexity index is 1190. The van der Waals surface area contributed by atoms with Crippen LogP contribution < -0.4 is 0 Å². The van der Waals surface area contributed by atoms with Crippen molar-refractivity contribution in [2.75, 3.05) is 0 Å². The highest BCUT2D eigenvalue weighted by atomic mass is 32.2. The van der Waals surface area contributed by atoms with Crippen molar-refractivity contribution in [2.24, 2.45) is 0 Å². The second-order valence-electron chi connectivity index (χ2n) is 6.55. The first-order chi connectivity index (χ1) is 14.2. The van der Waals surface area contributed by atoms with Crippen molar-refractivity contribution in [1.29, 1.82) is 5.26 Å². The van der Waals surface area contributed by atoms with Crippen LogP contribution in [0.4, 0.5) is 4.39 Å². The molecule has 4 aromatic rings. The van der Waals surface area contributed by atoms with Gasteiger partial charge in [-0.05, 0) is 60.5 Å². The molecule has 0 spiro atoms. The molecule has 0 saturated carbocycles. The summed E-state index contributed by atoms with van der Waals surface area (Å²) < 4.78 is 15.4. The van der Waals surface area contributed by atoms with Gasteiger partial charge in [-0.2, -0.15) is 5.26 Å². The van der Waals surface area contributed by atoms with E-state index in [1.54, 1.807) is 12.1 Å². The fourth-order valence-corrected chi connectivity index (χ4v) is 4.00. The maximum absolute atomic E-state index is 13.4. The Morgan fingerprint density at radius 3 is 2.55 bits per heavy atom. The highest BCUT2D eigenvalue weighted by Gasteiger charge is 2.17. The van der Waals surface area contributed by atoms with Crippen LogP contribution in [0.2, 0.25) is 0 Å². The summed E-state index contributed by atoms with van der Waals surface area (Å²) in [6.45, 7) is 2.03. The van der Waals surface area contributed by atoms with Crippen molar-refractivity contribution in [3.63, 3.8) is 0 Å². The minimum Gasteiger partial charge on any atom is -0.270 e. The molecule has 1 heterocycles. The monoisotopic (exact) mass is 400 g/mol. The number of thioether (sulfide) groups is 1. The molecule has 0 N–H and O–H groups in total. The summed E-state index contributed by atoms with van der Waals surface area (Å²) in [6.07, 6.45) is 0. The molecule has 142 valence electrons. The van der Waals surface area contributed by atoms with Crippen LogP contribution in [-0.2, 0) is 5.75 Å². The zero-order chi connectivity index (χ0) is 20.2. The molecule has 0 saturated heterocycles. The van der Waals surface area contributed by atoms with Crippen LogP contribution in [0.15, 0.2) is 78.0 Å². The maximum atomic E-state index is 13.4. The first-order valence-corrected chi connectivity index (χ1v) is 10.0. The van der Waals surface area contributed by atoms with Crippen molar-refractivity contribution in [3.05, 3.63) is 95.3 Å². The molecule has 4 rings (SSSR count). The Morgan fingerprint density at radius 2 is 1.79 bits per heavy atom. The number of halogens is 1. The van der Waals surface area contributed by atoms with Crippen molar-refractivity contribution >= 4 is 11.8 Å². The summed E-state index contributed by atoms with van der Waals surface area (Å²) in [7, 11) is 0. The van der Waals surface area contributed by atoms with Gasteiger partial charge >= 0.3 is 0 Å². The molecule has 0 amide bonds. The molecular weight excluding hydrogens is 383 g/mol. The standard InChI is InChI=1S/C23H17FN4S/c1-16-5-4-8-21(13-16)28-22(17-9-11-20(24)12-10-17)26-27-23(28)29-15-19-7-3-2-6-18(19)14-25/h2-13H,15H2,1H3. The average Bonchev–Trinajstić information content (AvgIpc) is 3.17. The fourth-order valence-electron chi connectivity index (χ4n) is 3.05. The lowest BCUT2D eigenvalue weighted by molar-refractivity contribution is 0.628. The van der Waals surface area contributed by atoms with E-state index in [0.29, 0.717) is 22.3 Å². The number of hydrogen-bond acceptors (Lipinski definition) is 4. The summed E-state index contributed by atoms with van der Waals surface area (Å²) in [5.74, 6) is 0.946. The zero-order valence-corrected chi connectivity index (χ0v) is 16.5. The number of aromatic nitrogens is 3. The lowest BCUT2D eigenvalue weighted by Crippen LogP contribution is -2.00. The van der Waals surface area contributed by atoms with Gasteiger partial charge in [0.15, 0.2) is 11.0 Å². The number of nitrogens with zero attached hydrogens (tertiary/aromatic N) is 4. The van der Waals surface area contributed by atoms with Gasteiger partial charge in [-0.1, -0.05) is 42.1 Å². The van der Waals surface area contributed by atoms with Crippen molar-refractivity contribution in [2.45, 2.75) is 17.8 Å². The van der Waals surface area contributed by atoms with Crippen LogP contribution in [0.1, 0.15) is 16.7 Å². The third kappa shape index (κ3) is 4.05. The van der Waals surface area contributed by atoms with Gasteiger partial charge in [-0.3, -0.25) is 4.57 Å². The number of benzene rings is 3. The van der Waals surface area contributed by atoms with E-state index < -0.39 is 0 Å². The Hall–Kier alpha value is -3.43. The smallest absolute Gasteiger partial charge is 0.196 e. The second kappa shape index (κ2) is 8.29. The minimum absolute atomic E-state index is 0.293. The van der Waals surface area contributed by atoms with E-state index in [1.165, 1.54) is 23.9 Å². The minimum atomic E-state index is -0.293. The highest BCUT2D eigenvalue weighted by Crippen LogP contribution is 2.30. The van der Waals surface area contributed by atoms with Crippen molar-refractivity contribution in [3.8, 4) is 23.1 Å². The molecule has 0 aliphatic rings. The molecule has 4 nitrogen and oxygen atoms in total. The molecule has 3 aromatic carbocycles. The molecule has 0 bridgehead atoms. The summed E-state index contributed by atoms with van der Waals surface area (Å²) in [5, 5.41) is 18.8. The largest absolute Gasteiger partial charge is 0.270 e. The molecule has 0 atom stereocenters. The second-order valence-corrected chi connectivity index (χ2v) is 7.49. The van der Waals surface area contributed by atoms with Gasteiger partial charge < -0.3 is 0 Å². The van der Waals surface area contributed by atoms with Gasteiger partial charge in [-0.15, -0.1) is 10.2 Å². The van der Waals surface area contributed by atoms with Crippen LogP contribution in [0, 0.1) is 24.1 Å². The molecule has 0 aliphatic heterocycles. The Balaban J connectivity index is 1.76. The summed E-state index contributed by atoms with van der Waals surface area (Å²) in [6, 6.07) is 24.1. The Morgan fingerprint density at radius 1 is 1.00 bits per heavy atom. The summed E-state index contributed by atoms with van der Waals surface area (Å²) in [5.41, 5.74) is 4.43. The van der Waals surface area contributed by atoms with Gasteiger partial charge in [0.05, 0.1) is 11.6 Å². The van der Waals surface area contributed by atoms with Crippen molar-refractivity contribution < 1.29 is 4.39 Å². The average molecular weight is 400 g/mol. The number of hydrogen-bond donors (Lipinski definition) is 0. The van der Waals surface area contributed by atoms with E-state index in [2.05, 4.69) is 22.3 Å². The third-order valence-electron chi connectivity index (χ3n) is 4.49. The van der Waals surface area contributed by atoms with Crippen LogP contribution >= 0.6 is 11.8 Å². The van der Waals surface area contributed by atoms with E-state index in [0.717, 1.165) is 22.4 Å². The quantitative estimate of drug-likeness (QED) is 0.412.